The van der Waals surface area contributed by atoms with Crippen LogP contribution in [0.15, 0.2) is 30.6 Å². The highest BCUT2D eigenvalue weighted by Crippen LogP contribution is 2.10. The lowest BCUT2D eigenvalue weighted by Crippen LogP contribution is -2.18. The zero-order chi connectivity index (χ0) is 15.1. The highest BCUT2D eigenvalue weighted by atomic mass is 19.1. The number of carbonyl (C=O) groups is 1. The van der Waals surface area contributed by atoms with E-state index in [4.69, 9.17) is 0 Å². The van der Waals surface area contributed by atoms with Crippen LogP contribution in [0.25, 0.3) is 0 Å². The Kier molecular flexibility index (Phi) is 5.14. The van der Waals surface area contributed by atoms with E-state index in [0.29, 0.717) is 12.4 Å². The molecule has 0 spiro atoms. The van der Waals surface area contributed by atoms with Crippen LogP contribution in [-0.2, 0) is 11.2 Å². The number of anilines is 2. The molecule has 1 amide bonds. The molecule has 1 aromatic carbocycles. The molecule has 2 aromatic rings. The SMILES string of the molecule is CC(CCc1ccc(F)cc1)Nc1ncnc(NC=O)n1. The third-order valence-electron chi connectivity index (χ3n) is 2.91. The van der Waals surface area contributed by atoms with Gasteiger partial charge in [0.2, 0.25) is 18.3 Å². The monoisotopic (exact) mass is 289 g/mol. The second-order valence-corrected chi connectivity index (χ2v) is 4.61. The highest BCUT2D eigenvalue weighted by molar-refractivity contribution is 5.66. The lowest BCUT2D eigenvalue weighted by atomic mass is 10.1. The molecule has 110 valence electrons. The minimum absolute atomic E-state index is 0.126. The predicted octanol–water partition coefficient (Wildman–Crippen LogP) is 2.01. The number of halogens is 1. The van der Waals surface area contributed by atoms with Gasteiger partial charge in [-0.3, -0.25) is 10.1 Å². The lowest BCUT2D eigenvalue weighted by Gasteiger charge is -2.13. The zero-order valence-corrected chi connectivity index (χ0v) is 11.6. The third-order valence-corrected chi connectivity index (χ3v) is 2.91. The van der Waals surface area contributed by atoms with Crippen LogP contribution in [0.5, 0.6) is 0 Å². The molecule has 0 saturated heterocycles. The molecule has 0 aliphatic heterocycles. The van der Waals surface area contributed by atoms with Crippen molar-refractivity contribution < 1.29 is 9.18 Å². The lowest BCUT2D eigenvalue weighted by molar-refractivity contribution is -0.105. The van der Waals surface area contributed by atoms with Crippen molar-refractivity contribution in [2.24, 2.45) is 0 Å². The van der Waals surface area contributed by atoms with Crippen LogP contribution in [-0.4, -0.2) is 27.4 Å². The summed E-state index contributed by atoms with van der Waals surface area (Å²) in [6.45, 7) is 2.00. The van der Waals surface area contributed by atoms with Crippen LogP contribution in [0.4, 0.5) is 16.3 Å². The summed E-state index contributed by atoms with van der Waals surface area (Å²) in [6, 6.07) is 6.59. The van der Waals surface area contributed by atoms with Crippen molar-refractivity contribution in [3.63, 3.8) is 0 Å². The highest BCUT2D eigenvalue weighted by Gasteiger charge is 2.06. The number of rotatable bonds is 7. The molecule has 21 heavy (non-hydrogen) atoms. The van der Waals surface area contributed by atoms with Gasteiger partial charge in [-0.25, -0.2) is 14.4 Å². The third kappa shape index (κ3) is 4.79. The first-order chi connectivity index (χ1) is 10.2. The van der Waals surface area contributed by atoms with Crippen molar-refractivity contribution in [1.82, 2.24) is 15.0 Å². The molecular formula is C14H16FN5O. The standard InChI is InChI=1S/C14H16FN5O/c1-10(2-3-11-4-6-12(15)7-5-11)19-14-17-8-16-13(20-14)18-9-21/h4-10H,2-3H2,1H3,(H2,16,17,18,19,20,21). The normalized spacial score (nSPS) is 11.7. The molecule has 1 aromatic heterocycles. The van der Waals surface area contributed by atoms with Crippen LogP contribution in [0.3, 0.4) is 0 Å². The van der Waals surface area contributed by atoms with E-state index in [0.717, 1.165) is 18.4 Å². The number of nitrogens with one attached hydrogen (secondary N) is 2. The molecule has 0 bridgehead atoms. The molecule has 2 N–H and O–H groups in total. The quantitative estimate of drug-likeness (QED) is 0.762. The van der Waals surface area contributed by atoms with Crippen LogP contribution in [0.1, 0.15) is 18.9 Å². The van der Waals surface area contributed by atoms with Gasteiger partial charge in [0, 0.05) is 6.04 Å². The summed E-state index contributed by atoms with van der Waals surface area (Å²) in [6.07, 6.45) is 3.50. The average Bonchev–Trinajstić information content (AvgIpc) is 2.47. The van der Waals surface area contributed by atoms with Gasteiger partial charge in [-0.2, -0.15) is 4.98 Å². The fraction of sp³-hybridized carbons (Fsp3) is 0.286. The second kappa shape index (κ2) is 7.28. The molecule has 2 rings (SSSR count). The average molecular weight is 289 g/mol. The predicted molar refractivity (Wildman–Crippen MR) is 77.3 cm³/mol. The Morgan fingerprint density at radius 3 is 2.67 bits per heavy atom. The summed E-state index contributed by atoms with van der Waals surface area (Å²) in [5, 5.41) is 5.50. The van der Waals surface area contributed by atoms with Gasteiger partial charge in [0.15, 0.2) is 0 Å². The Balaban J connectivity index is 1.86. The van der Waals surface area contributed by atoms with Crippen LogP contribution in [0, 0.1) is 5.82 Å². The Hall–Kier alpha value is -2.57. The number of nitrogens with zero attached hydrogens (tertiary/aromatic N) is 3. The molecule has 1 unspecified atom stereocenters. The van der Waals surface area contributed by atoms with E-state index in [1.54, 1.807) is 12.1 Å². The van der Waals surface area contributed by atoms with Crippen molar-refractivity contribution >= 4 is 18.3 Å². The number of amides is 1. The molecule has 6 nitrogen and oxygen atoms in total. The summed E-state index contributed by atoms with van der Waals surface area (Å²) in [5.41, 5.74) is 1.07. The fourth-order valence-electron chi connectivity index (χ4n) is 1.81. The summed E-state index contributed by atoms with van der Waals surface area (Å²) >= 11 is 0. The Labute approximate surface area is 121 Å². The number of aromatic nitrogens is 3. The molecule has 7 heteroatoms. The minimum Gasteiger partial charge on any atom is -0.352 e. The van der Waals surface area contributed by atoms with E-state index < -0.39 is 0 Å². The van der Waals surface area contributed by atoms with Crippen molar-refractivity contribution in [2.45, 2.75) is 25.8 Å². The Morgan fingerprint density at radius 2 is 1.95 bits per heavy atom. The summed E-state index contributed by atoms with van der Waals surface area (Å²) in [4.78, 5) is 22.2. The number of benzene rings is 1. The first kappa shape index (κ1) is 14.8. The summed E-state index contributed by atoms with van der Waals surface area (Å²) in [5.74, 6) is 0.375. The molecule has 0 saturated carbocycles. The minimum atomic E-state index is -0.231. The summed E-state index contributed by atoms with van der Waals surface area (Å²) in [7, 11) is 0. The largest absolute Gasteiger partial charge is 0.352 e. The number of hydrogen-bond donors (Lipinski definition) is 2. The maximum absolute atomic E-state index is 12.8. The van der Waals surface area contributed by atoms with Gasteiger partial charge in [-0.05, 0) is 37.5 Å². The molecule has 0 aliphatic rings. The smallest absolute Gasteiger partial charge is 0.233 e. The molecular weight excluding hydrogens is 273 g/mol. The zero-order valence-electron chi connectivity index (χ0n) is 11.6. The van der Waals surface area contributed by atoms with Gasteiger partial charge in [0.25, 0.3) is 0 Å². The van der Waals surface area contributed by atoms with Gasteiger partial charge in [-0.1, -0.05) is 12.1 Å². The maximum Gasteiger partial charge on any atom is 0.233 e. The van der Waals surface area contributed by atoms with Gasteiger partial charge < -0.3 is 5.32 Å². The van der Waals surface area contributed by atoms with Gasteiger partial charge in [0.05, 0.1) is 0 Å². The van der Waals surface area contributed by atoms with E-state index in [1.165, 1.54) is 18.5 Å². The first-order valence-electron chi connectivity index (χ1n) is 6.57. The number of aryl methyl sites for hydroxylation is 1. The second-order valence-electron chi connectivity index (χ2n) is 4.61. The van der Waals surface area contributed by atoms with Crippen molar-refractivity contribution in [3.05, 3.63) is 42.0 Å². The van der Waals surface area contributed by atoms with Crippen molar-refractivity contribution in [2.75, 3.05) is 10.6 Å². The molecule has 1 atom stereocenters. The van der Waals surface area contributed by atoms with Crippen LogP contribution < -0.4 is 10.6 Å². The van der Waals surface area contributed by atoms with Crippen molar-refractivity contribution in [3.8, 4) is 0 Å². The fourth-order valence-corrected chi connectivity index (χ4v) is 1.81. The van der Waals surface area contributed by atoms with E-state index in [2.05, 4.69) is 25.6 Å². The van der Waals surface area contributed by atoms with Crippen LogP contribution >= 0.6 is 0 Å². The van der Waals surface area contributed by atoms with Crippen molar-refractivity contribution in [1.29, 1.82) is 0 Å². The van der Waals surface area contributed by atoms with E-state index >= 15 is 0 Å². The number of hydrogen-bond acceptors (Lipinski definition) is 5. The van der Waals surface area contributed by atoms with Gasteiger partial charge in [-0.15, -0.1) is 0 Å². The van der Waals surface area contributed by atoms with E-state index in [9.17, 15) is 9.18 Å². The van der Waals surface area contributed by atoms with Gasteiger partial charge in [0.1, 0.15) is 12.1 Å². The molecule has 0 radical (unpaired) electrons. The molecule has 0 fully saturated rings. The van der Waals surface area contributed by atoms with E-state index in [1.807, 2.05) is 6.92 Å². The topological polar surface area (TPSA) is 79.8 Å². The first-order valence-corrected chi connectivity index (χ1v) is 6.57. The number of carbonyl (C=O) groups excluding carboxylic acids is 1. The Bertz CT molecular complexity index is 590. The molecule has 1 heterocycles. The van der Waals surface area contributed by atoms with E-state index in [-0.39, 0.29) is 17.8 Å². The Morgan fingerprint density at radius 1 is 1.24 bits per heavy atom. The maximum atomic E-state index is 12.8. The molecule has 0 aliphatic carbocycles. The van der Waals surface area contributed by atoms with Crippen LogP contribution in [0.2, 0.25) is 0 Å². The summed E-state index contributed by atoms with van der Waals surface area (Å²) < 4.78 is 12.8. The van der Waals surface area contributed by atoms with Gasteiger partial charge >= 0.3 is 0 Å².